The topological polar surface area (TPSA) is 46.5 Å². The van der Waals surface area contributed by atoms with Crippen LogP contribution in [0.2, 0.25) is 0 Å². The lowest BCUT2D eigenvalue weighted by molar-refractivity contribution is 0.0702. The third kappa shape index (κ3) is 1.72. The van der Waals surface area contributed by atoms with Gasteiger partial charge < -0.3 is 9.84 Å². The van der Waals surface area contributed by atoms with Gasteiger partial charge in [-0.2, -0.15) is 0 Å². The molecule has 2 aromatic rings. The molecule has 0 unspecified atom stereocenters. The monoisotopic (exact) mass is 286 g/mol. The zero-order valence-electron chi connectivity index (χ0n) is 7.78. The number of fused-ring (bicyclic) bond motifs is 1. The third-order valence-corrected chi connectivity index (χ3v) is 3.94. The first-order valence-corrected chi connectivity index (χ1v) is 5.73. The lowest BCUT2D eigenvalue weighted by atomic mass is 10.2. The Hall–Kier alpha value is -1.07. The zero-order valence-corrected chi connectivity index (χ0v) is 10.2. The largest absolute Gasteiger partial charge is 0.496 e. The van der Waals surface area contributed by atoms with E-state index in [4.69, 9.17) is 9.84 Å². The molecule has 5 heteroatoms. The lowest BCUT2D eigenvalue weighted by Gasteiger charge is -2.02. The molecule has 0 fully saturated rings. The number of methoxy groups -OCH3 is 1. The first-order chi connectivity index (χ1) is 7.13. The fourth-order valence-electron chi connectivity index (χ4n) is 1.32. The van der Waals surface area contributed by atoms with Gasteiger partial charge in [0, 0.05) is 10.1 Å². The number of benzene rings is 1. The van der Waals surface area contributed by atoms with Gasteiger partial charge in [-0.15, -0.1) is 11.3 Å². The van der Waals surface area contributed by atoms with E-state index < -0.39 is 5.97 Å². The summed E-state index contributed by atoms with van der Waals surface area (Å²) in [5.74, 6) is -0.195. The Kier molecular flexibility index (Phi) is 2.67. The van der Waals surface area contributed by atoms with Crippen molar-refractivity contribution in [3.05, 3.63) is 27.5 Å². The van der Waals surface area contributed by atoms with Crippen molar-refractivity contribution < 1.29 is 14.6 Å². The van der Waals surface area contributed by atoms with Gasteiger partial charge in [0.15, 0.2) is 0 Å². The lowest BCUT2D eigenvalue weighted by Crippen LogP contribution is -1.89. The van der Waals surface area contributed by atoms with E-state index in [9.17, 15) is 4.79 Å². The number of carboxylic acids is 1. The Labute approximate surface area is 98.4 Å². The second-order valence-corrected chi connectivity index (χ2v) is 4.79. The van der Waals surface area contributed by atoms with E-state index in [-0.39, 0.29) is 0 Å². The molecule has 0 radical (unpaired) electrons. The Bertz CT molecular complexity index is 533. The van der Waals surface area contributed by atoms with E-state index in [1.807, 2.05) is 12.1 Å². The Morgan fingerprint density at radius 1 is 1.53 bits per heavy atom. The molecule has 0 spiro atoms. The van der Waals surface area contributed by atoms with Gasteiger partial charge in [-0.3, -0.25) is 0 Å². The van der Waals surface area contributed by atoms with Crippen LogP contribution in [0.15, 0.2) is 22.7 Å². The van der Waals surface area contributed by atoms with Crippen LogP contribution in [0.4, 0.5) is 0 Å². The van der Waals surface area contributed by atoms with Crippen LogP contribution < -0.4 is 4.74 Å². The van der Waals surface area contributed by atoms with Crippen LogP contribution in [-0.2, 0) is 0 Å². The highest BCUT2D eigenvalue weighted by Gasteiger charge is 2.12. The summed E-state index contributed by atoms with van der Waals surface area (Å²) in [6, 6.07) is 5.32. The average molecular weight is 287 g/mol. The van der Waals surface area contributed by atoms with Crippen molar-refractivity contribution in [1.29, 1.82) is 0 Å². The summed E-state index contributed by atoms with van der Waals surface area (Å²) in [4.78, 5) is 11.1. The SMILES string of the molecule is COc1ccc2sc(C(=O)O)cc2c1Br. The number of halogens is 1. The zero-order chi connectivity index (χ0) is 11.0. The van der Waals surface area contributed by atoms with Crippen molar-refractivity contribution in [2.24, 2.45) is 0 Å². The van der Waals surface area contributed by atoms with E-state index in [1.165, 1.54) is 11.3 Å². The highest BCUT2D eigenvalue weighted by molar-refractivity contribution is 9.10. The van der Waals surface area contributed by atoms with Crippen molar-refractivity contribution in [2.75, 3.05) is 7.11 Å². The molecule has 0 amide bonds. The quantitative estimate of drug-likeness (QED) is 0.921. The van der Waals surface area contributed by atoms with Crippen molar-refractivity contribution in [3.8, 4) is 5.75 Å². The molecule has 0 saturated heterocycles. The van der Waals surface area contributed by atoms with Gasteiger partial charge in [0.25, 0.3) is 0 Å². The van der Waals surface area contributed by atoms with Crippen molar-refractivity contribution in [3.63, 3.8) is 0 Å². The molecule has 0 saturated carbocycles. The molecule has 1 N–H and O–H groups in total. The molecule has 3 nitrogen and oxygen atoms in total. The smallest absolute Gasteiger partial charge is 0.345 e. The first-order valence-electron chi connectivity index (χ1n) is 4.13. The Morgan fingerprint density at radius 3 is 2.87 bits per heavy atom. The molecule has 15 heavy (non-hydrogen) atoms. The Balaban J connectivity index is 2.71. The summed E-state index contributed by atoms with van der Waals surface area (Å²) in [5, 5.41) is 9.74. The van der Waals surface area contributed by atoms with Gasteiger partial charge in [-0.05, 0) is 34.1 Å². The maximum atomic E-state index is 10.8. The van der Waals surface area contributed by atoms with Gasteiger partial charge in [0.1, 0.15) is 10.6 Å². The molecule has 78 valence electrons. The van der Waals surface area contributed by atoms with Gasteiger partial charge >= 0.3 is 5.97 Å². The van der Waals surface area contributed by atoms with E-state index in [0.29, 0.717) is 10.6 Å². The van der Waals surface area contributed by atoms with E-state index >= 15 is 0 Å². The van der Waals surface area contributed by atoms with E-state index in [0.717, 1.165) is 14.6 Å². The highest BCUT2D eigenvalue weighted by Crippen LogP contribution is 2.37. The number of ether oxygens (including phenoxy) is 1. The van der Waals surface area contributed by atoms with Crippen molar-refractivity contribution >= 4 is 43.3 Å². The van der Waals surface area contributed by atoms with Gasteiger partial charge in [0.2, 0.25) is 0 Å². The normalized spacial score (nSPS) is 10.5. The second kappa shape index (κ2) is 3.83. The van der Waals surface area contributed by atoms with Gasteiger partial charge in [-0.1, -0.05) is 0 Å². The summed E-state index contributed by atoms with van der Waals surface area (Å²) in [7, 11) is 1.58. The summed E-state index contributed by atoms with van der Waals surface area (Å²) < 4.78 is 6.86. The molecule has 0 aliphatic rings. The number of hydrogen-bond donors (Lipinski definition) is 1. The maximum absolute atomic E-state index is 10.8. The average Bonchev–Trinajstić information content (AvgIpc) is 2.63. The second-order valence-electron chi connectivity index (χ2n) is 2.91. The third-order valence-electron chi connectivity index (χ3n) is 2.03. The van der Waals surface area contributed by atoms with Crippen LogP contribution in [0.25, 0.3) is 10.1 Å². The first kappa shape index (κ1) is 10.4. The number of thiophene rings is 1. The predicted molar refractivity (Wildman–Crippen MR) is 63.0 cm³/mol. The number of aromatic carboxylic acids is 1. The fraction of sp³-hybridized carbons (Fsp3) is 0.100. The minimum absolute atomic E-state index is 0.332. The van der Waals surface area contributed by atoms with Crippen LogP contribution in [0.1, 0.15) is 9.67 Å². The maximum Gasteiger partial charge on any atom is 0.345 e. The number of rotatable bonds is 2. The molecule has 0 aliphatic heterocycles. The van der Waals surface area contributed by atoms with E-state index in [1.54, 1.807) is 13.2 Å². The molecule has 0 bridgehead atoms. The summed E-state index contributed by atoms with van der Waals surface area (Å²) >= 11 is 4.65. The summed E-state index contributed by atoms with van der Waals surface area (Å²) in [6.45, 7) is 0. The molecule has 1 aromatic heterocycles. The van der Waals surface area contributed by atoms with Crippen LogP contribution in [-0.4, -0.2) is 18.2 Å². The van der Waals surface area contributed by atoms with Gasteiger partial charge in [-0.25, -0.2) is 4.79 Å². The van der Waals surface area contributed by atoms with Crippen LogP contribution in [0.5, 0.6) is 5.75 Å². The van der Waals surface area contributed by atoms with Crippen LogP contribution >= 0.6 is 27.3 Å². The number of hydrogen-bond acceptors (Lipinski definition) is 3. The standard InChI is InChI=1S/C10H7BrO3S/c1-14-6-2-3-7-5(9(6)11)4-8(15-7)10(12)13/h2-4H,1H3,(H,12,13). The molecular formula is C10H7BrO3S. The van der Waals surface area contributed by atoms with Crippen LogP contribution in [0.3, 0.4) is 0 Å². The van der Waals surface area contributed by atoms with Crippen molar-refractivity contribution in [2.45, 2.75) is 0 Å². The summed E-state index contributed by atoms with van der Waals surface area (Å²) in [6.07, 6.45) is 0. The molecule has 0 aliphatic carbocycles. The molecular weight excluding hydrogens is 280 g/mol. The Morgan fingerprint density at radius 2 is 2.27 bits per heavy atom. The van der Waals surface area contributed by atoms with Gasteiger partial charge in [0.05, 0.1) is 11.6 Å². The summed E-state index contributed by atoms with van der Waals surface area (Å²) in [5.41, 5.74) is 0. The van der Waals surface area contributed by atoms with Crippen LogP contribution in [0, 0.1) is 0 Å². The molecule has 0 atom stereocenters. The van der Waals surface area contributed by atoms with E-state index in [2.05, 4.69) is 15.9 Å². The van der Waals surface area contributed by atoms with Crippen molar-refractivity contribution in [1.82, 2.24) is 0 Å². The number of carbonyl (C=O) groups is 1. The molecule has 2 rings (SSSR count). The molecule has 1 heterocycles. The minimum Gasteiger partial charge on any atom is -0.496 e. The highest BCUT2D eigenvalue weighted by atomic mass is 79.9. The number of carboxylic acid groups (broad SMARTS) is 1. The minimum atomic E-state index is -0.901. The molecule has 1 aromatic carbocycles. The fourth-order valence-corrected chi connectivity index (χ4v) is 2.98. The predicted octanol–water partition coefficient (Wildman–Crippen LogP) is 3.37.